The van der Waals surface area contributed by atoms with Gasteiger partial charge in [0.1, 0.15) is 5.75 Å². The van der Waals surface area contributed by atoms with Crippen molar-refractivity contribution in [3.8, 4) is 5.75 Å². The molecular weight excluding hydrogens is 276 g/mol. The van der Waals surface area contributed by atoms with Crippen LogP contribution in [0.3, 0.4) is 0 Å². The third-order valence-corrected chi connectivity index (χ3v) is 4.33. The van der Waals surface area contributed by atoms with Crippen molar-refractivity contribution >= 4 is 23.3 Å². The Kier molecular flexibility index (Phi) is 2.86. The van der Waals surface area contributed by atoms with Crippen molar-refractivity contribution in [3.63, 3.8) is 0 Å². The number of thiocarbonyl (C=S) groups is 1. The Labute approximate surface area is 122 Å². The topological polar surface area (TPSA) is 59.6 Å². The molecule has 2 aliphatic rings. The van der Waals surface area contributed by atoms with Gasteiger partial charge >= 0.3 is 5.97 Å². The maximum Gasteiger partial charge on any atom is 0.337 e. The summed E-state index contributed by atoms with van der Waals surface area (Å²) in [4.78, 5) is 11.7. The van der Waals surface area contributed by atoms with Crippen molar-refractivity contribution in [3.05, 3.63) is 29.3 Å². The lowest BCUT2D eigenvalue weighted by Crippen LogP contribution is -2.67. The van der Waals surface area contributed by atoms with Gasteiger partial charge in [-0.25, -0.2) is 4.79 Å². The number of fused-ring (bicyclic) bond motifs is 4. The van der Waals surface area contributed by atoms with E-state index in [1.54, 1.807) is 12.1 Å². The number of rotatable bonds is 1. The third-order valence-electron chi connectivity index (χ3n) is 4.11. The highest BCUT2D eigenvalue weighted by Crippen LogP contribution is 2.44. The zero-order chi connectivity index (χ0) is 14.5. The van der Waals surface area contributed by atoms with Crippen LogP contribution in [0.1, 0.15) is 35.8 Å². The van der Waals surface area contributed by atoms with Gasteiger partial charge in [-0.05, 0) is 37.3 Å². The summed E-state index contributed by atoms with van der Waals surface area (Å²) in [6.07, 6.45) is 0. The number of benzene rings is 1. The van der Waals surface area contributed by atoms with E-state index in [-0.39, 0.29) is 17.9 Å². The molecule has 1 aromatic carbocycles. The minimum Gasteiger partial charge on any atom is -0.468 e. The van der Waals surface area contributed by atoms with Gasteiger partial charge in [-0.3, -0.25) is 0 Å². The molecule has 3 rings (SSSR count). The Morgan fingerprint density at radius 2 is 2.25 bits per heavy atom. The van der Waals surface area contributed by atoms with Crippen molar-refractivity contribution in [2.45, 2.75) is 25.6 Å². The summed E-state index contributed by atoms with van der Waals surface area (Å²) in [6.45, 7) is 4.06. The van der Waals surface area contributed by atoms with E-state index < -0.39 is 5.72 Å². The summed E-state index contributed by atoms with van der Waals surface area (Å²) in [5, 5.41) is 6.98. The fourth-order valence-electron chi connectivity index (χ4n) is 2.78. The van der Waals surface area contributed by atoms with Crippen LogP contribution in [0.15, 0.2) is 18.2 Å². The molecule has 2 heterocycles. The standard InChI is InChI=1S/C14H16N2O3S/c1-7-11-9-6-8(12(17)18-3)4-5-10(9)19-14(7,2)16-13(20)15-11/h4-7,11H,1-3H3,(H2,15,16,20). The molecule has 0 spiro atoms. The van der Waals surface area contributed by atoms with Gasteiger partial charge in [0, 0.05) is 11.5 Å². The van der Waals surface area contributed by atoms with Crippen LogP contribution in [-0.4, -0.2) is 23.9 Å². The van der Waals surface area contributed by atoms with Crippen LogP contribution < -0.4 is 15.4 Å². The first-order chi connectivity index (χ1) is 9.44. The Morgan fingerprint density at radius 3 is 2.95 bits per heavy atom. The number of carbonyl (C=O) groups is 1. The monoisotopic (exact) mass is 292 g/mol. The number of ether oxygens (including phenoxy) is 2. The minimum absolute atomic E-state index is 0.0158. The predicted octanol–water partition coefficient (Wildman–Crippen LogP) is 1.74. The smallest absolute Gasteiger partial charge is 0.337 e. The fourth-order valence-corrected chi connectivity index (χ4v) is 3.11. The van der Waals surface area contributed by atoms with Crippen molar-refractivity contribution < 1.29 is 14.3 Å². The van der Waals surface area contributed by atoms with E-state index >= 15 is 0 Å². The quantitative estimate of drug-likeness (QED) is 0.607. The molecule has 6 heteroatoms. The molecule has 0 radical (unpaired) electrons. The number of esters is 1. The second-order valence-electron chi connectivity index (χ2n) is 5.32. The molecule has 1 saturated heterocycles. The Balaban J connectivity index is 2.09. The lowest BCUT2D eigenvalue weighted by Gasteiger charge is -2.50. The maximum atomic E-state index is 11.7. The van der Waals surface area contributed by atoms with E-state index in [0.717, 1.165) is 11.3 Å². The molecule has 2 aliphatic heterocycles. The zero-order valence-corrected chi connectivity index (χ0v) is 12.3. The van der Waals surface area contributed by atoms with Crippen molar-refractivity contribution in [1.29, 1.82) is 0 Å². The highest BCUT2D eigenvalue weighted by Gasteiger charge is 2.48. The molecule has 0 saturated carbocycles. The Hall–Kier alpha value is -1.82. The van der Waals surface area contributed by atoms with Gasteiger partial charge in [0.15, 0.2) is 10.8 Å². The average Bonchev–Trinajstić information content (AvgIpc) is 2.41. The molecule has 2 N–H and O–H groups in total. The normalized spacial score (nSPS) is 30.4. The number of methoxy groups -OCH3 is 1. The fraction of sp³-hybridized carbons (Fsp3) is 0.429. The van der Waals surface area contributed by atoms with Gasteiger partial charge in [0.25, 0.3) is 0 Å². The first kappa shape index (κ1) is 13.2. The number of carbonyl (C=O) groups excluding carboxylic acids is 1. The van der Waals surface area contributed by atoms with Gasteiger partial charge < -0.3 is 20.1 Å². The summed E-state index contributed by atoms with van der Waals surface area (Å²) in [7, 11) is 1.37. The molecule has 0 aromatic heterocycles. The molecule has 3 atom stereocenters. The zero-order valence-electron chi connectivity index (χ0n) is 11.5. The van der Waals surface area contributed by atoms with Crippen LogP contribution in [0.2, 0.25) is 0 Å². The second kappa shape index (κ2) is 4.34. The van der Waals surface area contributed by atoms with Crippen LogP contribution in [0.25, 0.3) is 0 Å². The first-order valence-electron chi connectivity index (χ1n) is 6.44. The van der Waals surface area contributed by atoms with Crippen LogP contribution in [0, 0.1) is 5.92 Å². The largest absolute Gasteiger partial charge is 0.468 e. The van der Waals surface area contributed by atoms with E-state index in [2.05, 4.69) is 17.6 Å². The summed E-state index contributed by atoms with van der Waals surface area (Å²) in [5.74, 6) is 0.561. The predicted molar refractivity (Wildman–Crippen MR) is 77.6 cm³/mol. The Bertz CT molecular complexity index is 604. The van der Waals surface area contributed by atoms with Gasteiger partial charge in [-0.1, -0.05) is 6.92 Å². The molecule has 0 aliphatic carbocycles. The van der Waals surface area contributed by atoms with Gasteiger partial charge in [-0.15, -0.1) is 0 Å². The van der Waals surface area contributed by atoms with E-state index in [9.17, 15) is 4.79 Å². The van der Waals surface area contributed by atoms with E-state index in [4.69, 9.17) is 21.7 Å². The second-order valence-corrected chi connectivity index (χ2v) is 5.73. The molecule has 0 amide bonds. The first-order valence-corrected chi connectivity index (χ1v) is 6.85. The van der Waals surface area contributed by atoms with Gasteiger partial charge in [-0.2, -0.15) is 0 Å². The number of hydrogen-bond acceptors (Lipinski definition) is 4. The summed E-state index contributed by atoms with van der Waals surface area (Å²) in [6, 6.07) is 5.33. The maximum absolute atomic E-state index is 11.7. The number of hydrogen-bond donors (Lipinski definition) is 2. The lowest BCUT2D eigenvalue weighted by molar-refractivity contribution is -0.0263. The summed E-state index contributed by atoms with van der Waals surface area (Å²) in [5.41, 5.74) is 0.908. The van der Waals surface area contributed by atoms with Gasteiger partial charge in [0.2, 0.25) is 0 Å². The molecule has 1 fully saturated rings. The summed E-state index contributed by atoms with van der Waals surface area (Å²) < 4.78 is 10.8. The lowest BCUT2D eigenvalue weighted by atomic mass is 9.81. The molecule has 5 nitrogen and oxygen atoms in total. The van der Waals surface area contributed by atoms with E-state index in [1.165, 1.54) is 7.11 Å². The van der Waals surface area contributed by atoms with Crippen molar-refractivity contribution in [1.82, 2.24) is 10.6 Å². The highest BCUT2D eigenvalue weighted by molar-refractivity contribution is 7.80. The average molecular weight is 292 g/mol. The van der Waals surface area contributed by atoms with E-state index in [0.29, 0.717) is 10.7 Å². The number of nitrogens with one attached hydrogen (secondary N) is 2. The summed E-state index contributed by atoms with van der Waals surface area (Å²) >= 11 is 5.23. The molecular formula is C14H16N2O3S. The molecule has 106 valence electrons. The van der Waals surface area contributed by atoms with Crippen LogP contribution in [-0.2, 0) is 4.74 Å². The third kappa shape index (κ3) is 1.83. The molecule has 2 bridgehead atoms. The Morgan fingerprint density at radius 1 is 1.50 bits per heavy atom. The van der Waals surface area contributed by atoms with Crippen LogP contribution >= 0.6 is 12.2 Å². The molecule has 20 heavy (non-hydrogen) atoms. The van der Waals surface area contributed by atoms with Crippen LogP contribution in [0.4, 0.5) is 0 Å². The minimum atomic E-state index is -0.535. The van der Waals surface area contributed by atoms with Crippen molar-refractivity contribution in [2.24, 2.45) is 5.92 Å². The molecule has 3 unspecified atom stereocenters. The van der Waals surface area contributed by atoms with Crippen molar-refractivity contribution in [2.75, 3.05) is 7.11 Å². The van der Waals surface area contributed by atoms with E-state index in [1.807, 2.05) is 13.0 Å². The van der Waals surface area contributed by atoms with Crippen LogP contribution in [0.5, 0.6) is 5.75 Å². The SMILES string of the molecule is COC(=O)c1ccc2c(c1)C1NC(=S)NC(C)(O2)C1C. The molecule has 1 aromatic rings. The van der Waals surface area contributed by atoms with Gasteiger partial charge in [0.05, 0.1) is 18.7 Å². The highest BCUT2D eigenvalue weighted by atomic mass is 32.1.